The fraction of sp³-hybridized carbons (Fsp3) is 0.150. The van der Waals surface area contributed by atoms with Crippen molar-refractivity contribution in [2.24, 2.45) is 0 Å². The van der Waals surface area contributed by atoms with E-state index in [2.05, 4.69) is 9.97 Å². The van der Waals surface area contributed by atoms with E-state index in [1.807, 2.05) is 62.4 Å². The van der Waals surface area contributed by atoms with Crippen molar-refractivity contribution in [1.29, 1.82) is 0 Å². The van der Waals surface area contributed by atoms with Gasteiger partial charge >= 0.3 is 6.09 Å². The summed E-state index contributed by atoms with van der Waals surface area (Å²) < 4.78 is 5.69. The Morgan fingerprint density at radius 2 is 1.73 bits per heavy atom. The van der Waals surface area contributed by atoms with Gasteiger partial charge in [0.1, 0.15) is 11.6 Å². The summed E-state index contributed by atoms with van der Waals surface area (Å²) in [6, 6.07) is 17.0. The highest BCUT2D eigenvalue weighted by molar-refractivity contribution is 6.28. The summed E-state index contributed by atoms with van der Waals surface area (Å²) in [5.41, 5.74) is 2.72. The second kappa shape index (κ2) is 7.97. The standard InChI is InChI=1S/C20H18ClN3O2/c1-14-7-6-8-15(2)18(14)26-20(25)24(13-16-9-4-3-5-10-16)17-11-12-22-19(21)23-17/h3-12H,13H2,1-2H3. The Labute approximate surface area is 157 Å². The summed E-state index contributed by atoms with van der Waals surface area (Å²) in [7, 11) is 0. The van der Waals surface area contributed by atoms with Gasteiger partial charge in [-0.1, -0.05) is 48.5 Å². The lowest BCUT2D eigenvalue weighted by atomic mass is 10.1. The first-order valence-electron chi connectivity index (χ1n) is 8.12. The minimum absolute atomic E-state index is 0.0698. The third-order valence-corrected chi connectivity index (χ3v) is 4.07. The van der Waals surface area contributed by atoms with E-state index in [9.17, 15) is 4.79 Å². The summed E-state index contributed by atoms with van der Waals surface area (Å²) in [5, 5.41) is 0.0698. The van der Waals surface area contributed by atoms with Crippen molar-refractivity contribution in [2.75, 3.05) is 4.90 Å². The van der Waals surface area contributed by atoms with Crippen LogP contribution in [0.15, 0.2) is 60.8 Å². The Balaban J connectivity index is 1.93. The molecular formula is C20H18ClN3O2. The number of hydrogen-bond donors (Lipinski definition) is 0. The molecule has 0 atom stereocenters. The second-order valence-corrected chi connectivity index (χ2v) is 6.18. The molecule has 3 rings (SSSR count). The first kappa shape index (κ1) is 17.9. The second-order valence-electron chi connectivity index (χ2n) is 5.84. The molecule has 0 saturated heterocycles. The molecule has 2 aromatic carbocycles. The molecule has 26 heavy (non-hydrogen) atoms. The van der Waals surface area contributed by atoms with Crippen molar-refractivity contribution in [3.63, 3.8) is 0 Å². The van der Waals surface area contributed by atoms with Crippen LogP contribution >= 0.6 is 11.6 Å². The lowest BCUT2D eigenvalue weighted by Crippen LogP contribution is -2.34. The molecule has 0 saturated carbocycles. The molecule has 3 aromatic rings. The fourth-order valence-electron chi connectivity index (χ4n) is 2.58. The molecule has 0 bridgehead atoms. The van der Waals surface area contributed by atoms with E-state index in [1.54, 1.807) is 6.07 Å². The number of aryl methyl sites for hydroxylation is 2. The topological polar surface area (TPSA) is 55.3 Å². The van der Waals surface area contributed by atoms with Gasteiger partial charge < -0.3 is 4.74 Å². The average Bonchev–Trinajstić information content (AvgIpc) is 2.63. The van der Waals surface area contributed by atoms with Gasteiger partial charge in [0, 0.05) is 6.20 Å². The van der Waals surface area contributed by atoms with E-state index in [0.717, 1.165) is 16.7 Å². The summed E-state index contributed by atoms with van der Waals surface area (Å²) >= 11 is 5.91. The van der Waals surface area contributed by atoms with Crippen molar-refractivity contribution in [3.05, 3.63) is 82.8 Å². The molecule has 0 radical (unpaired) electrons. The Bertz CT molecular complexity index is 896. The van der Waals surface area contributed by atoms with E-state index in [0.29, 0.717) is 18.1 Å². The molecule has 0 fully saturated rings. The highest BCUT2D eigenvalue weighted by Gasteiger charge is 2.21. The van der Waals surface area contributed by atoms with E-state index in [-0.39, 0.29) is 5.28 Å². The van der Waals surface area contributed by atoms with Crippen molar-refractivity contribution in [2.45, 2.75) is 20.4 Å². The van der Waals surface area contributed by atoms with Gasteiger partial charge in [-0.2, -0.15) is 0 Å². The Kier molecular flexibility index (Phi) is 5.49. The van der Waals surface area contributed by atoms with Crippen LogP contribution in [0.5, 0.6) is 5.75 Å². The molecule has 1 amide bonds. The number of hydrogen-bond acceptors (Lipinski definition) is 4. The zero-order chi connectivity index (χ0) is 18.5. The van der Waals surface area contributed by atoms with Crippen LogP contribution in [0.2, 0.25) is 5.28 Å². The van der Waals surface area contributed by atoms with Gasteiger partial charge in [-0.15, -0.1) is 0 Å². The first-order chi connectivity index (χ1) is 12.5. The molecule has 0 N–H and O–H groups in total. The molecule has 0 aliphatic heterocycles. The largest absolute Gasteiger partial charge is 0.421 e. The Morgan fingerprint density at radius 1 is 1.04 bits per heavy atom. The van der Waals surface area contributed by atoms with Crippen LogP contribution in [-0.4, -0.2) is 16.1 Å². The highest BCUT2D eigenvalue weighted by atomic mass is 35.5. The Morgan fingerprint density at radius 3 is 2.38 bits per heavy atom. The number of benzene rings is 2. The van der Waals surface area contributed by atoms with E-state index in [1.165, 1.54) is 11.1 Å². The van der Waals surface area contributed by atoms with Crippen LogP contribution in [0.3, 0.4) is 0 Å². The molecular weight excluding hydrogens is 350 g/mol. The summed E-state index contributed by atoms with van der Waals surface area (Å²) in [6.07, 6.45) is 0.982. The molecule has 0 spiro atoms. The van der Waals surface area contributed by atoms with Crippen LogP contribution in [0.4, 0.5) is 10.6 Å². The van der Waals surface area contributed by atoms with Gasteiger partial charge in [-0.25, -0.2) is 14.8 Å². The molecule has 1 aromatic heterocycles. The highest BCUT2D eigenvalue weighted by Crippen LogP contribution is 2.25. The van der Waals surface area contributed by atoms with E-state index >= 15 is 0 Å². The molecule has 0 unspecified atom stereocenters. The number of ether oxygens (including phenoxy) is 1. The van der Waals surface area contributed by atoms with Crippen molar-refractivity contribution < 1.29 is 9.53 Å². The number of carbonyl (C=O) groups excluding carboxylic acids is 1. The SMILES string of the molecule is Cc1cccc(C)c1OC(=O)N(Cc1ccccc1)c1ccnc(Cl)n1. The predicted octanol–water partition coefficient (Wildman–Crippen LogP) is 4.95. The maximum atomic E-state index is 12.9. The maximum absolute atomic E-state index is 12.9. The van der Waals surface area contributed by atoms with Gasteiger partial charge in [0.2, 0.25) is 5.28 Å². The van der Waals surface area contributed by atoms with Crippen LogP contribution in [-0.2, 0) is 6.54 Å². The van der Waals surface area contributed by atoms with E-state index < -0.39 is 6.09 Å². The number of carbonyl (C=O) groups is 1. The minimum atomic E-state index is -0.527. The number of aromatic nitrogens is 2. The zero-order valence-electron chi connectivity index (χ0n) is 14.5. The van der Waals surface area contributed by atoms with Crippen molar-refractivity contribution >= 4 is 23.5 Å². The predicted molar refractivity (Wildman–Crippen MR) is 102 cm³/mol. The number of nitrogens with zero attached hydrogens (tertiary/aromatic N) is 3. The van der Waals surface area contributed by atoms with Crippen LogP contribution in [0, 0.1) is 13.8 Å². The number of anilines is 1. The van der Waals surface area contributed by atoms with Crippen molar-refractivity contribution in [3.8, 4) is 5.75 Å². The molecule has 5 nitrogen and oxygen atoms in total. The molecule has 0 aliphatic rings. The van der Waals surface area contributed by atoms with E-state index in [4.69, 9.17) is 16.3 Å². The van der Waals surface area contributed by atoms with Gasteiger partial charge in [-0.05, 0) is 48.2 Å². The Hall–Kier alpha value is -2.92. The lowest BCUT2D eigenvalue weighted by molar-refractivity contribution is 0.206. The molecule has 132 valence electrons. The zero-order valence-corrected chi connectivity index (χ0v) is 15.3. The maximum Gasteiger partial charge on any atom is 0.421 e. The minimum Gasteiger partial charge on any atom is -0.409 e. The van der Waals surface area contributed by atoms with Crippen molar-refractivity contribution in [1.82, 2.24) is 9.97 Å². The molecule has 0 aliphatic carbocycles. The third-order valence-electron chi connectivity index (χ3n) is 3.89. The van der Waals surface area contributed by atoms with Crippen LogP contribution in [0.1, 0.15) is 16.7 Å². The number of para-hydroxylation sites is 1. The lowest BCUT2D eigenvalue weighted by Gasteiger charge is -2.22. The number of amides is 1. The van der Waals surface area contributed by atoms with Gasteiger partial charge in [-0.3, -0.25) is 4.90 Å². The fourth-order valence-corrected chi connectivity index (χ4v) is 2.73. The average molecular weight is 368 g/mol. The van der Waals surface area contributed by atoms with Crippen LogP contribution < -0.4 is 9.64 Å². The van der Waals surface area contributed by atoms with Gasteiger partial charge in [0.05, 0.1) is 6.54 Å². The number of halogens is 1. The number of rotatable bonds is 4. The van der Waals surface area contributed by atoms with Crippen LogP contribution in [0.25, 0.3) is 0 Å². The monoisotopic (exact) mass is 367 g/mol. The quantitative estimate of drug-likeness (QED) is 0.612. The summed E-state index contributed by atoms with van der Waals surface area (Å²) in [4.78, 5) is 22.4. The summed E-state index contributed by atoms with van der Waals surface area (Å²) in [5.74, 6) is 0.931. The van der Waals surface area contributed by atoms with Gasteiger partial charge in [0.25, 0.3) is 0 Å². The normalized spacial score (nSPS) is 10.4. The molecule has 6 heteroatoms. The smallest absolute Gasteiger partial charge is 0.409 e. The third kappa shape index (κ3) is 4.18. The summed E-state index contributed by atoms with van der Waals surface area (Å²) in [6.45, 7) is 4.11. The van der Waals surface area contributed by atoms with Gasteiger partial charge in [0.15, 0.2) is 0 Å². The first-order valence-corrected chi connectivity index (χ1v) is 8.50. The molecule has 1 heterocycles.